The van der Waals surface area contributed by atoms with Crippen molar-refractivity contribution >= 4 is 15.9 Å². The van der Waals surface area contributed by atoms with E-state index in [2.05, 4.69) is 15.9 Å². The van der Waals surface area contributed by atoms with Crippen molar-refractivity contribution in [3.8, 4) is 0 Å². The molecule has 0 bridgehead atoms. The van der Waals surface area contributed by atoms with Crippen molar-refractivity contribution in [2.45, 2.75) is 23.9 Å². The monoisotopic (exact) mass is 238 g/mol. The maximum absolute atomic E-state index is 12.5. The van der Waals surface area contributed by atoms with Crippen molar-refractivity contribution in [1.29, 1.82) is 0 Å². The molecule has 0 aromatic rings. The van der Waals surface area contributed by atoms with E-state index in [-0.39, 0.29) is 5.33 Å². The third-order valence-corrected chi connectivity index (χ3v) is 2.16. The van der Waals surface area contributed by atoms with Gasteiger partial charge in [-0.3, -0.25) is 0 Å². The molecule has 0 saturated heterocycles. The first kappa shape index (κ1) is 9.22. The lowest BCUT2D eigenvalue weighted by Gasteiger charge is -1.98. The molecule has 0 nitrogen and oxygen atoms in total. The summed E-state index contributed by atoms with van der Waals surface area (Å²) >= 11 is 2.62. The maximum Gasteiger partial charge on any atom is 0.353 e. The van der Waals surface area contributed by atoms with Crippen molar-refractivity contribution in [1.82, 2.24) is 0 Å². The maximum atomic E-state index is 12.5. The van der Waals surface area contributed by atoms with Crippen LogP contribution < -0.4 is 0 Å². The Kier molecular flexibility index (Phi) is 1.75. The second kappa shape index (κ2) is 2.08. The molecule has 0 heterocycles. The zero-order chi connectivity index (χ0) is 8.91. The average Bonchev–Trinajstić information content (AvgIpc) is 2.12. The van der Waals surface area contributed by atoms with Crippen LogP contribution in [-0.4, -0.2) is 22.8 Å². The average molecular weight is 239 g/mol. The highest BCUT2D eigenvalue weighted by atomic mass is 79.9. The molecular weight excluding hydrogens is 235 g/mol. The lowest BCUT2D eigenvalue weighted by atomic mass is 10.3. The molecule has 1 rings (SSSR count). The molecule has 0 N–H and O–H groups in total. The summed E-state index contributed by atoms with van der Waals surface area (Å²) < 4.78 is 60.5. The Bertz CT molecular complexity index is 164. The van der Waals surface area contributed by atoms with E-state index >= 15 is 0 Å². The van der Waals surface area contributed by atoms with Gasteiger partial charge in [-0.1, -0.05) is 15.9 Å². The summed E-state index contributed by atoms with van der Waals surface area (Å²) in [5.41, 5.74) is -3.62. The molecule has 0 unspecified atom stereocenters. The first-order valence-electron chi connectivity index (χ1n) is 2.82. The van der Waals surface area contributed by atoms with Crippen LogP contribution in [0.2, 0.25) is 0 Å². The molecule has 1 aliphatic rings. The third-order valence-electron chi connectivity index (χ3n) is 1.77. The van der Waals surface area contributed by atoms with Crippen molar-refractivity contribution < 1.29 is 22.0 Å². The fourth-order valence-corrected chi connectivity index (χ4v) is 1.43. The predicted molar refractivity (Wildman–Crippen MR) is 32.1 cm³/mol. The van der Waals surface area contributed by atoms with E-state index < -0.39 is 23.9 Å². The summed E-state index contributed by atoms with van der Waals surface area (Å²) in [7, 11) is 0. The van der Waals surface area contributed by atoms with Crippen LogP contribution in [0.25, 0.3) is 0 Å². The van der Waals surface area contributed by atoms with Crippen molar-refractivity contribution in [3.05, 3.63) is 0 Å². The molecule has 0 radical (unpaired) electrons. The Hall–Kier alpha value is 0.130. The topological polar surface area (TPSA) is 0 Å². The van der Waals surface area contributed by atoms with E-state index in [4.69, 9.17) is 0 Å². The van der Waals surface area contributed by atoms with E-state index in [1.165, 1.54) is 0 Å². The normalized spacial score (nSPS) is 30.0. The summed E-state index contributed by atoms with van der Waals surface area (Å²) in [5, 5.41) is -0.200. The Morgan fingerprint density at radius 1 is 0.909 bits per heavy atom. The van der Waals surface area contributed by atoms with Crippen LogP contribution in [0.15, 0.2) is 0 Å². The smallest absolute Gasteiger partial charge is 0.230 e. The highest BCUT2D eigenvalue weighted by Gasteiger charge is 2.98. The number of hydrogen-bond acceptors (Lipinski definition) is 0. The van der Waals surface area contributed by atoms with Gasteiger partial charge in [0, 0.05) is 11.8 Å². The molecule has 1 saturated carbocycles. The number of alkyl halides is 6. The highest BCUT2D eigenvalue weighted by molar-refractivity contribution is 9.09. The fourth-order valence-electron chi connectivity index (χ4n) is 0.883. The summed E-state index contributed by atoms with van der Waals surface area (Å²) in [6, 6.07) is 0. The molecule has 0 amide bonds. The molecule has 0 spiro atoms. The van der Waals surface area contributed by atoms with Gasteiger partial charge in [-0.25, -0.2) is 4.39 Å². The van der Waals surface area contributed by atoms with Gasteiger partial charge in [0.25, 0.3) is 0 Å². The van der Waals surface area contributed by atoms with Crippen LogP contribution in [0.1, 0.15) is 6.42 Å². The first-order valence-corrected chi connectivity index (χ1v) is 3.94. The molecule has 0 aromatic carbocycles. The van der Waals surface area contributed by atoms with Crippen LogP contribution in [0.4, 0.5) is 22.0 Å². The van der Waals surface area contributed by atoms with E-state index in [9.17, 15) is 22.0 Å². The minimum atomic E-state index is -4.48. The lowest BCUT2D eigenvalue weighted by molar-refractivity contribution is -0.0278. The molecule has 0 atom stereocenters. The lowest BCUT2D eigenvalue weighted by Crippen LogP contribution is -2.13. The fraction of sp³-hybridized carbons (Fsp3) is 1.00. The Balaban J connectivity index is 2.78. The first-order chi connectivity index (χ1) is 4.81. The molecule has 66 valence electrons. The summed E-state index contributed by atoms with van der Waals surface area (Å²) in [5.74, 6) is -8.96. The van der Waals surface area contributed by atoms with Crippen LogP contribution in [0.3, 0.4) is 0 Å². The van der Waals surface area contributed by atoms with Crippen molar-refractivity contribution in [2.75, 3.05) is 5.33 Å². The zero-order valence-corrected chi connectivity index (χ0v) is 6.77. The van der Waals surface area contributed by atoms with E-state index in [0.717, 1.165) is 0 Å². The molecular formula is C5H4BrF5. The molecule has 11 heavy (non-hydrogen) atoms. The molecule has 1 fully saturated rings. The van der Waals surface area contributed by atoms with Gasteiger partial charge in [-0.05, 0) is 0 Å². The van der Waals surface area contributed by atoms with E-state index in [0.29, 0.717) is 0 Å². The van der Waals surface area contributed by atoms with Crippen LogP contribution in [0, 0.1) is 0 Å². The standard InChI is InChI=1S/C5H4BrF5/c6-2-1-3(7)4(8,9)5(3,10)11/h1-2H2. The Morgan fingerprint density at radius 2 is 1.27 bits per heavy atom. The Morgan fingerprint density at radius 3 is 1.36 bits per heavy atom. The van der Waals surface area contributed by atoms with Gasteiger partial charge in [0.1, 0.15) is 0 Å². The zero-order valence-electron chi connectivity index (χ0n) is 5.18. The SMILES string of the molecule is FC1(F)C(F)(F)C1(F)CCBr. The second-order valence-corrected chi connectivity index (χ2v) is 3.18. The summed E-state index contributed by atoms with van der Waals surface area (Å²) in [4.78, 5) is 0. The molecule has 6 heteroatoms. The Labute approximate surface area is 67.9 Å². The van der Waals surface area contributed by atoms with Gasteiger partial charge in [-0.15, -0.1) is 0 Å². The van der Waals surface area contributed by atoms with E-state index in [1.54, 1.807) is 0 Å². The second-order valence-electron chi connectivity index (χ2n) is 2.39. The van der Waals surface area contributed by atoms with Gasteiger partial charge in [0.15, 0.2) is 0 Å². The minimum absolute atomic E-state index is 0.200. The van der Waals surface area contributed by atoms with Gasteiger partial charge >= 0.3 is 11.8 Å². The van der Waals surface area contributed by atoms with Crippen LogP contribution in [0.5, 0.6) is 0 Å². The summed E-state index contributed by atoms with van der Waals surface area (Å²) in [6.07, 6.45) is -0.868. The van der Waals surface area contributed by atoms with Crippen LogP contribution in [-0.2, 0) is 0 Å². The number of hydrogen-bond donors (Lipinski definition) is 0. The van der Waals surface area contributed by atoms with Crippen molar-refractivity contribution in [3.63, 3.8) is 0 Å². The van der Waals surface area contributed by atoms with Gasteiger partial charge in [0.2, 0.25) is 5.67 Å². The van der Waals surface area contributed by atoms with Gasteiger partial charge in [0.05, 0.1) is 0 Å². The summed E-state index contributed by atoms with van der Waals surface area (Å²) in [6.45, 7) is 0. The molecule has 0 aromatic heterocycles. The number of rotatable bonds is 2. The highest BCUT2D eigenvalue weighted by Crippen LogP contribution is 2.69. The number of halogens is 6. The minimum Gasteiger partial charge on any atom is -0.230 e. The van der Waals surface area contributed by atoms with Crippen molar-refractivity contribution in [2.24, 2.45) is 0 Å². The third kappa shape index (κ3) is 0.789. The van der Waals surface area contributed by atoms with Gasteiger partial charge < -0.3 is 0 Å². The van der Waals surface area contributed by atoms with Crippen LogP contribution >= 0.6 is 15.9 Å². The quantitative estimate of drug-likeness (QED) is 0.513. The van der Waals surface area contributed by atoms with Gasteiger partial charge in [-0.2, -0.15) is 17.6 Å². The molecule has 0 aliphatic heterocycles. The predicted octanol–water partition coefficient (Wildman–Crippen LogP) is 2.76. The molecule has 1 aliphatic carbocycles. The largest absolute Gasteiger partial charge is 0.353 e. The van der Waals surface area contributed by atoms with E-state index in [1.807, 2.05) is 0 Å².